The van der Waals surface area contributed by atoms with Gasteiger partial charge in [0.15, 0.2) is 5.78 Å². The molecule has 6 nitrogen and oxygen atoms in total. The standard InChI is InChI=1S/C22H20N2O4/c1-14(25)15-11-16(13-19(26)12-15)22(27)24-18-5-9-21(10-6-18)28-20-7-3-17(23-2)4-8-20/h3-13,23,26H,1-2H3,(H,24,27). The second kappa shape index (κ2) is 8.26. The maximum absolute atomic E-state index is 12.4. The predicted molar refractivity (Wildman–Crippen MR) is 109 cm³/mol. The van der Waals surface area contributed by atoms with Crippen LogP contribution in [0.3, 0.4) is 0 Å². The lowest BCUT2D eigenvalue weighted by Gasteiger charge is -2.09. The summed E-state index contributed by atoms with van der Waals surface area (Å²) in [6.07, 6.45) is 0. The average molecular weight is 376 g/mol. The molecule has 0 saturated carbocycles. The Bertz CT molecular complexity index is 996. The number of hydrogen-bond donors (Lipinski definition) is 3. The number of aromatic hydroxyl groups is 1. The molecule has 0 atom stereocenters. The molecular weight excluding hydrogens is 356 g/mol. The molecular formula is C22H20N2O4. The molecule has 142 valence electrons. The van der Waals surface area contributed by atoms with Crippen LogP contribution in [0.5, 0.6) is 17.2 Å². The molecule has 0 bridgehead atoms. The van der Waals surface area contributed by atoms with Crippen molar-refractivity contribution in [2.45, 2.75) is 6.92 Å². The topological polar surface area (TPSA) is 87.7 Å². The number of ether oxygens (including phenoxy) is 1. The number of Topliss-reactive ketones (excluding diaryl/α,β-unsaturated/α-hetero) is 1. The van der Waals surface area contributed by atoms with E-state index >= 15 is 0 Å². The zero-order valence-electron chi connectivity index (χ0n) is 15.5. The number of nitrogens with one attached hydrogen (secondary N) is 2. The van der Waals surface area contributed by atoms with Gasteiger partial charge in [-0.3, -0.25) is 9.59 Å². The summed E-state index contributed by atoms with van der Waals surface area (Å²) in [5.41, 5.74) is 2.04. The molecule has 0 aliphatic heterocycles. The molecule has 3 aromatic carbocycles. The SMILES string of the molecule is CNc1ccc(Oc2ccc(NC(=O)c3cc(O)cc(C(C)=O)c3)cc2)cc1. The van der Waals surface area contributed by atoms with Gasteiger partial charge in [0.1, 0.15) is 17.2 Å². The van der Waals surface area contributed by atoms with E-state index in [9.17, 15) is 14.7 Å². The minimum atomic E-state index is -0.422. The second-order valence-electron chi connectivity index (χ2n) is 6.18. The summed E-state index contributed by atoms with van der Waals surface area (Å²) in [5, 5.41) is 15.5. The van der Waals surface area contributed by atoms with E-state index in [1.165, 1.54) is 25.1 Å². The van der Waals surface area contributed by atoms with Gasteiger partial charge < -0.3 is 20.5 Å². The Kier molecular flexibility index (Phi) is 5.60. The number of amides is 1. The van der Waals surface area contributed by atoms with Crippen molar-refractivity contribution in [3.63, 3.8) is 0 Å². The molecule has 0 spiro atoms. The van der Waals surface area contributed by atoms with Crippen LogP contribution in [0.4, 0.5) is 11.4 Å². The number of hydrogen-bond acceptors (Lipinski definition) is 5. The number of phenolic OH excluding ortho intramolecular Hbond substituents is 1. The summed E-state index contributed by atoms with van der Waals surface area (Å²) in [6, 6.07) is 18.5. The quantitative estimate of drug-likeness (QED) is 0.544. The van der Waals surface area contributed by atoms with Crippen LogP contribution in [-0.4, -0.2) is 23.8 Å². The predicted octanol–water partition coefficient (Wildman–Crippen LogP) is 4.68. The van der Waals surface area contributed by atoms with E-state index in [0.29, 0.717) is 17.2 Å². The Hall–Kier alpha value is -3.80. The highest BCUT2D eigenvalue weighted by Gasteiger charge is 2.11. The molecule has 28 heavy (non-hydrogen) atoms. The van der Waals surface area contributed by atoms with Gasteiger partial charge in [0.25, 0.3) is 5.91 Å². The Morgan fingerprint density at radius 2 is 1.36 bits per heavy atom. The molecule has 0 aromatic heterocycles. The zero-order chi connectivity index (χ0) is 20.1. The van der Waals surface area contributed by atoms with Gasteiger partial charge in [-0.05, 0) is 73.7 Å². The van der Waals surface area contributed by atoms with E-state index in [1.54, 1.807) is 24.3 Å². The van der Waals surface area contributed by atoms with Gasteiger partial charge >= 0.3 is 0 Å². The summed E-state index contributed by atoms with van der Waals surface area (Å²) in [4.78, 5) is 23.9. The number of rotatable bonds is 6. The van der Waals surface area contributed by atoms with E-state index in [2.05, 4.69) is 10.6 Å². The molecule has 0 heterocycles. The first-order valence-electron chi connectivity index (χ1n) is 8.66. The lowest BCUT2D eigenvalue weighted by atomic mass is 10.1. The van der Waals surface area contributed by atoms with Crippen molar-refractivity contribution in [2.75, 3.05) is 17.7 Å². The average Bonchev–Trinajstić information content (AvgIpc) is 2.69. The van der Waals surface area contributed by atoms with Crippen molar-refractivity contribution in [1.29, 1.82) is 0 Å². The number of benzene rings is 3. The Labute approximate surface area is 162 Å². The van der Waals surface area contributed by atoms with Crippen LogP contribution in [0.2, 0.25) is 0 Å². The van der Waals surface area contributed by atoms with Crippen molar-refractivity contribution in [1.82, 2.24) is 0 Å². The normalized spacial score (nSPS) is 10.2. The number of phenols is 1. The Balaban J connectivity index is 1.68. The van der Waals surface area contributed by atoms with Crippen molar-refractivity contribution >= 4 is 23.1 Å². The lowest BCUT2D eigenvalue weighted by molar-refractivity contribution is 0.101. The van der Waals surface area contributed by atoms with Crippen LogP contribution in [-0.2, 0) is 0 Å². The molecule has 0 fully saturated rings. The minimum Gasteiger partial charge on any atom is -0.508 e. The Morgan fingerprint density at radius 1 is 0.821 bits per heavy atom. The maximum atomic E-state index is 12.4. The van der Waals surface area contributed by atoms with Gasteiger partial charge in [-0.1, -0.05) is 0 Å². The smallest absolute Gasteiger partial charge is 0.255 e. The number of carbonyl (C=O) groups is 2. The van der Waals surface area contributed by atoms with E-state index in [0.717, 1.165) is 5.69 Å². The molecule has 3 aromatic rings. The van der Waals surface area contributed by atoms with Crippen molar-refractivity contribution < 1.29 is 19.4 Å². The molecule has 3 rings (SSSR count). The summed E-state index contributed by atoms with van der Waals surface area (Å²) in [7, 11) is 1.85. The van der Waals surface area contributed by atoms with E-state index in [-0.39, 0.29) is 22.7 Å². The van der Waals surface area contributed by atoms with Crippen molar-refractivity contribution in [2.24, 2.45) is 0 Å². The van der Waals surface area contributed by atoms with Gasteiger partial charge in [-0.2, -0.15) is 0 Å². The molecule has 0 aliphatic carbocycles. The number of carbonyl (C=O) groups excluding carboxylic acids is 2. The van der Waals surface area contributed by atoms with Gasteiger partial charge in [-0.25, -0.2) is 0 Å². The van der Waals surface area contributed by atoms with Crippen LogP contribution < -0.4 is 15.4 Å². The van der Waals surface area contributed by atoms with E-state index in [4.69, 9.17) is 4.74 Å². The molecule has 6 heteroatoms. The summed E-state index contributed by atoms with van der Waals surface area (Å²) in [6.45, 7) is 1.38. The summed E-state index contributed by atoms with van der Waals surface area (Å²) in [5.74, 6) is 0.550. The molecule has 1 amide bonds. The first kappa shape index (κ1) is 19.0. The monoisotopic (exact) mass is 376 g/mol. The second-order valence-corrected chi connectivity index (χ2v) is 6.18. The molecule has 3 N–H and O–H groups in total. The van der Waals surface area contributed by atoms with Crippen LogP contribution in [0.1, 0.15) is 27.6 Å². The summed E-state index contributed by atoms with van der Waals surface area (Å²) < 4.78 is 5.77. The van der Waals surface area contributed by atoms with Crippen LogP contribution in [0.15, 0.2) is 66.7 Å². The Morgan fingerprint density at radius 3 is 1.89 bits per heavy atom. The van der Waals surface area contributed by atoms with Gasteiger partial charge in [0.05, 0.1) is 0 Å². The van der Waals surface area contributed by atoms with Gasteiger partial charge in [0, 0.05) is 29.5 Å². The van der Waals surface area contributed by atoms with Crippen molar-refractivity contribution in [3.05, 3.63) is 77.9 Å². The number of ketones is 1. The largest absolute Gasteiger partial charge is 0.508 e. The first-order valence-corrected chi connectivity index (χ1v) is 8.66. The highest BCUT2D eigenvalue weighted by Crippen LogP contribution is 2.25. The highest BCUT2D eigenvalue weighted by molar-refractivity contribution is 6.06. The van der Waals surface area contributed by atoms with Gasteiger partial charge in [0.2, 0.25) is 0 Å². The fourth-order valence-corrected chi connectivity index (χ4v) is 2.58. The molecule has 0 aliphatic rings. The lowest BCUT2D eigenvalue weighted by Crippen LogP contribution is -2.12. The minimum absolute atomic E-state index is 0.133. The van der Waals surface area contributed by atoms with Crippen LogP contribution in [0, 0.1) is 0 Å². The fourth-order valence-electron chi connectivity index (χ4n) is 2.58. The number of anilines is 2. The van der Waals surface area contributed by atoms with E-state index < -0.39 is 5.91 Å². The third-order valence-electron chi connectivity index (χ3n) is 4.08. The fraction of sp³-hybridized carbons (Fsp3) is 0.0909. The first-order chi connectivity index (χ1) is 13.4. The highest BCUT2D eigenvalue weighted by atomic mass is 16.5. The third-order valence-corrected chi connectivity index (χ3v) is 4.08. The van der Waals surface area contributed by atoms with Gasteiger partial charge in [-0.15, -0.1) is 0 Å². The van der Waals surface area contributed by atoms with Crippen LogP contribution in [0.25, 0.3) is 0 Å². The molecule has 0 unspecified atom stereocenters. The molecule has 0 saturated heterocycles. The zero-order valence-corrected chi connectivity index (χ0v) is 15.5. The van der Waals surface area contributed by atoms with Crippen LogP contribution >= 0.6 is 0 Å². The molecule has 0 radical (unpaired) electrons. The summed E-state index contributed by atoms with van der Waals surface area (Å²) >= 11 is 0. The third kappa shape index (κ3) is 4.67. The van der Waals surface area contributed by atoms with Crippen molar-refractivity contribution in [3.8, 4) is 17.2 Å². The maximum Gasteiger partial charge on any atom is 0.255 e. The van der Waals surface area contributed by atoms with E-state index in [1.807, 2.05) is 31.3 Å².